The van der Waals surface area contributed by atoms with E-state index in [1.54, 1.807) is 0 Å². The molecule has 2 amide bonds. The van der Waals surface area contributed by atoms with E-state index in [0.717, 1.165) is 18.4 Å². The Kier molecular flexibility index (Phi) is 6.42. The lowest BCUT2D eigenvalue weighted by molar-refractivity contribution is -0.132. The van der Waals surface area contributed by atoms with Gasteiger partial charge in [-0.05, 0) is 25.3 Å². The molecule has 2 atom stereocenters. The highest BCUT2D eigenvalue weighted by Crippen LogP contribution is 2.35. The van der Waals surface area contributed by atoms with Crippen molar-refractivity contribution in [2.24, 2.45) is 5.92 Å². The monoisotopic (exact) mass is 363 g/mol. The SMILES string of the molecule is Cc1ccccc1.O=C1OCCN1C(=O)[C@H]1CCC=C[C@H]1c1ccccc1. The standard InChI is InChI=1S/C16H17NO3.C7H8/c18-15(17-10-11-20-16(17)19)14-9-5-4-8-13(14)12-6-2-1-3-7-12;1-7-5-3-2-4-6-7/h1-4,6-8,13-14H,5,9-11H2;2-6H,1H3/t13-,14-;/m0./s1. The number of benzene rings is 2. The summed E-state index contributed by atoms with van der Waals surface area (Å²) in [6, 6.07) is 20.2. The first-order valence-electron chi connectivity index (χ1n) is 9.38. The molecule has 2 aromatic carbocycles. The molecule has 4 rings (SSSR count). The third-order valence-corrected chi connectivity index (χ3v) is 4.89. The van der Waals surface area contributed by atoms with Crippen LogP contribution < -0.4 is 0 Å². The van der Waals surface area contributed by atoms with Gasteiger partial charge in [0, 0.05) is 11.8 Å². The van der Waals surface area contributed by atoms with Gasteiger partial charge in [0.1, 0.15) is 6.61 Å². The molecule has 1 aliphatic carbocycles. The van der Waals surface area contributed by atoms with Gasteiger partial charge in [0.05, 0.1) is 6.54 Å². The second-order valence-corrected chi connectivity index (χ2v) is 6.81. The van der Waals surface area contributed by atoms with Crippen molar-refractivity contribution in [2.75, 3.05) is 13.2 Å². The van der Waals surface area contributed by atoms with Crippen molar-refractivity contribution < 1.29 is 14.3 Å². The van der Waals surface area contributed by atoms with E-state index in [9.17, 15) is 9.59 Å². The van der Waals surface area contributed by atoms with Gasteiger partial charge in [-0.1, -0.05) is 78.4 Å². The molecule has 0 saturated carbocycles. The van der Waals surface area contributed by atoms with E-state index >= 15 is 0 Å². The average Bonchev–Trinajstić information content (AvgIpc) is 3.15. The molecule has 0 bridgehead atoms. The Bertz CT molecular complexity index is 786. The first-order chi connectivity index (χ1) is 13.2. The summed E-state index contributed by atoms with van der Waals surface area (Å²) in [6.07, 6.45) is 5.35. The summed E-state index contributed by atoms with van der Waals surface area (Å²) in [5.41, 5.74) is 2.44. The number of hydrogen-bond donors (Lipinski definition) is 0. The Labute approximate surface area is 160 Å². The summed E-state index contributed by atoms with van der Waals surface area (Å²) in [5, 5.41) is 0. The van der Waals surface area contributed by atoms with Crippen LogP contribution in [0.1, 0.15) is 29.9 Å². The van der Waals surface area contributed by atoms with Crippen LogP contribution in [0.4, 0.5) is 4.79 Å². The van der Waals surface area contributed by atoms with E-state index in [1.807, 2.05) is 48.5 Å². The van der Waals surface area contributed by atoms with Crippen molar-refractivity contribution in [1.82, 2.24) is 4.90 Å². The summed E-state index contributed by atoms with van der Waals surface area (Å²) in [4.78, 5) is 25.4. The zero-order valence-corrected chi connectivity index (χ0v) is 15.6. The highest BCUT2D eigenvalue weighted by atomic mass is 16.6. The van der Waals surface area contributed by atoms with Gasteiger partial charge in [-0.2, -0.15) is 0 Å². The first-order valence-corrected chi connectivity index (χ1v) is 9.38. The second kappa shape index (κ2) is 9.17. The molecule has 0 aromatic heterocycles. The van der Waals surface area contributed by atoms with E-state index in [2.05, 4.69) is 31.2 Å². The minimum atomic E-state index is -0.503. The van der Waals surface area contributed by atoms with Gasteiger partial charge < -0.3 is 4.74 Å². The van der Waals surface area contributed by atoms with Crippen molar-refractivity contribution in [3.8, 4) is 0 Å². The number of ether oxygens (including phenoxy) is 1. The Hall–Kier alpha value is -2.88. The van der Waals surface area contributed by atoms with Gasteiger partial charge in [0.25, 0.3) is 0 Å². The Morgan fingerprint density at radius 1 is 1.04 bits per heavy atom. The largest absolute Gasteiger partial charge is 0.447 e. The number of amides is 2. The molecule has 0 N–H and O–H groups in total. The molecule has 0 radical (unpaired) electrons. The number of aryl methyl sites for hydroxylation is 1. The van der Waals surface area contributed by atoms with E-state index in [-0.39, 0.29) is 17.7 Å². The lowest BCUT2D eigenvalue weighted by Gasteiger charge is -2.29. The summed E-state index contributed by atoms with van der Waals surface area (Å²) in [5.74, 6) is -0.232. The molecular formula is C23H25NO3. The fourth-order valence-corrected chi connectivity index (χ4v) is 3.46. The van der Waals surface area contributed by atoms with Crippen LogP contribution in [0.2, 0.25) is 0 Å². The van der Waals surface area contributed by atoms with Crippen LogP contribution in [0.5, 0.6) is 0 Å². The molecule has 1 saturated heterocycles. The fraction of sp³-hybridized carbons (Fsp3) is 0.304. The first kappa shape index (κ1) is 18.9. The predicted octanol–water partition coefficient (Wildman–Crippen LogP) is 4.71. The van der Waals surface area contributed by atoms with E-state index in [4.69, 9.17) is 4.74 Å². The molecule has 2 aliphatic rings. The van der Waals surface area contributed by atoms with E-state index < -0.39 is 6.09 Å². The normalized spacial score (nSPS) is 21.2. The van der Waals surface area contributed by atoms with Crippen LogP contribution in [0.25, 0.3) is 0 Å². The summed E-state index contributed by atoms with van der Waals surface area (Å²) < 4.78 is 4.87. The van der Waals surface area contributed by atoms with E-state index in [0.29, 0.717) is 13.2 Å². The molecule has 1 heterocycles. The molecule has 1 aliphatic heterocycles. The summed E-state index contributed by atoms with van der Waals surface area (Å²) in [6.45, 7) is 2.77. The molecule has 0 unspecified atom stereocenters. The Balaban J connectivity index is 0.000000253. The van der Waals surface area contributed by atoms with Crippen molar-refractivity contribution in [1.29, 1.82) is 0 Å². The topological polar surface area (TPSA) is 46.6 Å². The van der Waals surface area contributed by atoms with Crippen LogP contribution in [-0.2, 0) is 9.53 Å². The van der Waals surface area contributed by atoms with Crippen molar-refractivity contribution in [3.05, 3.63) is 83.9 Å². The molecule has 27 heavy (non-hydrogen) atoms. The molecule has 4 heteroatoms. The number of carbonyl (C=O) groups is 2. The number of allylic oxidation sites excluding steroid dienone is 2. The van der Waals surface area contributed by atoms with Crippen LogP contribution in [0.15, 0.2) is 72.8 Å². The molecule has 1 fully saturated rings. The van der Waals surface area contributed by atoms with Gasteiger partial charge in [-0.3, -0.25) is 4.79 Å². The van der Waals surface area contributed by atoms with Crippen LogP contribution in [0.3, 0.4) is 0 Å². The number of hydrogen-bond acceptors (Lipinski definition) is 3. The van der Waals surface area contributed by atoms with Gasteiger partial charge in [-0.15, -0.1) is 0 Å². The minimum absolute atomic E-state index is 0.0471. The van der Waals surface area contributed by atoms with Gasteiger partial charge in [0.2, 0.25) is 5.91 Å². The van der Waals surface area contributed by atoms with E-state index in [1.165, 1.54) is 10.5 Å². The van der Waals surface area contributed by atoms with Crippen molar-refractivity contribution in [2.45, 2.75) is 25.7 Å². The number of cyclic esters (lactones) is 1. The van der Waals surface area contributed by atoms with Gasteiger partial charge in [-0.25, -0.2) is 9.69 Å². The third kappa shape index (κ3) is 4.85. The number of imide groups is 1. The van der Waals surface area contributed by atoms with Crippen LogP contribution in [0, 0.1) is 12.8 Å². The Morgan fingerprint density at radius 3 is 2.26 bits per heavy atom. The molecule has 2 aromatic rings. The van der Waals surface area contributed by atoms with Gasteiger partial charge in [0.15, 0.2) is 0 Å². The lowest BCUT2D eigenvalue weighted by atomic mass is 9.79. The second-order valence-electron chi connectivity index (χ2n) is 6.81. The maximum absolute atomic E-state index is 12.6. The number of carbonyl (C=O) groups excluding carboxylic acids is 2. The predicted molar refractivity (Wildman–Crippen MR) is 105 cm³/mol. The number of nitrogens with zero attached hydrogens (tertiary/aromatic N) is 1. The maximum atomic E-state index is 12.6. The van der Waals surface area contributed by atoms with Crippen molar-refractivity contribution in [3.63, 3.8) is 0 Å². The lowest BCUT2D eigenvalue weighted by Crippen LogP contribution is -2.39. The van der Waals surface area contributed by atoms with Gasteiger partial charge >= 0.3 is 6.09 Å². The third-order valence-electron chi connectivity index (χ3n) is 4.89. The van der Waals surface area contributed by atoms with Crippen LogP contribution >= 0.6 is 0 Å². The quantitative estimate of drug-likeness (QED) is 0.726. The highest BCUT2D eigenvalue weighted by molar-refractivity contribution is 5.94. The number of rotatable bonds is 2. The zero-order valence-electron chi connectivity index (χ0n) is 15.6. The summed E-state index contributed by atoms with van der Waals surface area (Å²) in [7, 11) is 0. The molecule has 140 valence electrons. The Morgan fingerprint density at radius 2 is 1.70 bits per heavy atom. The average molecular weight is 363 g/mol. The van der Waals surface area contributed by atoms with Crippen molar-refractivity contribution >= 4 is 12.0 Å². The summed E-state index contributed by atoms with van der Waals surface area (Å²) >= 11 is 0. The maximum Gasteiger partial charge on any atom is 0.416 e. The zero-order chi connectivity index (χ0) is 19.1. The minimum Gasteiger partial charge on any atom is -0.447 e. The molecule has 4 nitrogen and oxygen atoms in total. The van der Waals surface area contributed by atoms with Crippen LogP contribution in [-0.4, -0.2) is 30.1 Å². The fourth-order valence-electron chi connectivity index (χ4n) is 3.46. The molecular weight excluding hydrogens is 338 g/mol. The molecule has 0 spiro atoms. The smallest absolute Gasteiger partial charge is 0.416 e. The highest BCUT2D eigenvalue weighted by Gasteiger charge is 2.37.